The number of para-hydroxylation sites is 2. The van der Waals surface area contributed by atoms with E-state index in [0.29, 0.717) is 31.5 Å². The number of aliphatic hydroxyl groups is 1. The SMILES string of the molecule is Cl.OC1(c2cccc(C(F)(F)F)c2)CCN(CCCN2c3ccccc3C=Cc3ccccc32)CC1. The molecule has 1 saturated heterocycles. The zero-order chi connectivity index (χ0) is 24.5. The van der Waals surface area contributed by atoms with Crippen LogP contribution in [-0.4, -0.2) is 36.2 Å². The van der Waals surface area contributed by atoms with Crippen LogP contribution >= 0.6 is 12.4 Å². The zero-order valence-corrected chi connectivity index (χ0v) is 20.7. The van der Waals surface area contributed by atoms with Crippen molar-refractivity contribution in [3.05, 3.63) is 95.1 Å². The molecule has 0 aromatic heterocycles. The number of piperidine rings is 1. The summed E-state index contributed by atoms with van der Waals surface area (Å²) in [5, 5.41) is 11.1. The maximum absolute atomic E-state index is 13.1. The summed E-state index contributed by atoms with van der Waals surface area (Å²) in [4.78, 5) is 4.67. The van der Waals surface area contributed by atoms with Crippen LogP contribution in [0.2, 0.25) is 0 Å². The smallest absolute Gasteiger partial charge is 0.385 e. The summed E-state index contributed by atoms with van der Waals surface area (Å²) >= 11 is 0. The second-order valence-corrected chi connectivity index (χ2v) is 9.41. The van der Waals surface area contributed by atoms with Gasteiger partial charge in [-0.1, -0.05) is 60.7 Å². The molecular formula is C29H30ClF3N2O. The Labute approximate surface area is 216 Å². The van der Waals surface area contributed by atoms with Crippen LogP contribution in [0.25, 0.3) is 12.2 Å². The zero-order valence-electron chi connectivity index (χ0n) is 19.9. The number of halogens is 4. The molecule has 0 radical (unpaired) electrons. The standard InChI is InChI=1S/C29H29F3N2O.ClH/c30-29(31,32)25-10-5-9-24(21-25)28(35)15-19-33(20-16-28)17-6-18-34-26-11-3-1-7-22(26)13-14-23-8-2-4-12-27(23)34;/h1-5,7-14,21,35H,6,15-20H2;1H. The van der Waals surface area contributed by atoms with E-state index in [1.54, 1.807) is 6.07 Å². The van der Waals surface area contributed by atoms with Crippen molar-refractivity contribution in [3.8, 4) is 0 Å². The van der Waals surface area contributed by atoms with Gasteiger partial charge in [0.05, 0.1) is 11.2 Å². The first-order valence-corrected chi connectivity index (χ1v) is 12.1. The van der Waals surface area contributed by atoms with Crippen LogP contribution in [0.4, 0.5) is 24.5 Å². The van der Waals surface area contributed by atoms with Crippen molar-refractivity contribution < 1.29 is 18.3 Å². The molecule has 0 atom stereocenters. The molecule has 1 N–H and O–H groups in total. The van der Waals surface area contributed by atoms with Crippen molar-refractivity contribution in [2.75, 3.05) is 31.1 Å². The van der Waals surface area contributed by atoms with Gasteiger partial charge in [-0.2, -0.15) is 13.2 Å². The summed E-state index contributed by atoms with van der Waals surface area (Å²) in [5.74, 6) is 0. The van der Waals surface area contributed by atoms with Crippen LogP contribution in [0.15, 0.2) is 72.8 Å². The minimum atomic E-state index is -4.41. The first-order chi connectivity index (χ1) is 16.8. The number of alkyl halides is 3. The highest BCUT2D eigenvalue weighted by molar-refractivity contribution is 5.88. The van der Waals surface area contributed by atoms with Gasteiger partial charge in [-0.15, -0.1) is 12.4 Å². The lowest BCUT2D eigenvalue weighted by Crippen LogP contribution is -2.43. The lowest BCUT2D eigenvalue weighted by Gasteiger charge is -2.39. The third-order valence-corrected chi connectivity index (χ3v) is 7.16. The second kappa shape index (κ2) is 10.7. The van der Waals surface area contributed by atoms with E-state index in [-0.39, 0.29) is 12.4 Å². The van der Waals surface area contributed by atoms with Crippen LogP contribution in [0, 0.1) is 0 Å². The Balaban J connectivity index is 0.00000304. The van der Waals surface area contributed by atoms with Gasteiger partial charge in [0.1, 0.15) is 0 Å². The molecular weight excluding hydrogens is 485 g/mol. The predicted molar refractivity (Wildman–Crippen MR) is 142 cm³/mol. The van der Waals surface area contributed by atoms with E-state index in [9.17, 15) is 18.3 Å². The van der Waals surface area contributed by atoms with Gasteiger partial charge < -0.3 is 14.9 Å². The molecule has 3 aromatic rings. The highest BCUT2D eigenvalue weighted by Crippen LogP contribution is 2.38. The Kier molecular flexibility index (Phi) is 7.79. The van der Waals surface area contributed by atoms with Crippen LogP contribution in [0.1, 0.15) is 41.5 Å². The van der Waals surface area contributed by atoms with E-state index >= 15 is 0 Å². The third-order valence-electron chi connectivity index (χ3n) is 7.16. The minimum absolute atomic E-state index is 0. The highest BCUT2D eigenvalue weighted by atomic mass is 35.5. The van der Waals surface area contributed by atoms with E-state index in [0.717, 1.165) is 31.6 Å². The van der Waals surface area contributed by atoms with Crippen LogP contribution in [-0.2, 0) is 11.8 Å². The van der Waals surface area contributed by atoms with E-state index in [1.807, 2.05) is 0 Å². The number of fused-ring (bicyclic) bond motifs is 2. The van der Waals surface area contributed by atoms with Crippen molar-refractivity contribution in [1.82, 2.24) is 4.90 Å². The molecule has 5 rings (SSSR count). The van der Waals surface area contributed by atoms with Crippen molar-refractivity contribution in [2.24, 2.45) is 0 Å². The summed E-state index contributed by atoms with van der Waals surface area (Å²) in [6.45, 7) is 3.03. The Bertz CT molecular complexity index is 1170. The van der Waals surface area contributed by atoms with Gasteiger partial charge in [-0.25, -0.2) is 0 Å². The van der Waals surface area contributed by atoms with Crippen molar-refractivity contribution >= 4 is 35.9 Å². The van der Waals surface area contributed by atoms with E-state index in [1.165, 1.54) is 28.6 Å². The van der Waals surface area contributed by atoms with Crippen LogP contribution in [0.5, 0.6) is 0 Å². The fraction of sp³-hybridized carbons (Fsp3) is 0.310. The molecule has 3 nitrogen and oxygen atoms in total. The molecule has 0 saturated carbocycles. The normalized spacial score (nSPS) is 17.1. The average molecular weight is 515 g/mol. The number of nitrogens with zero attached hydrogens (tertiary/aromatic N) is 2. The van der Waals surface area contributed by atoms with Gasteiger partial charge in [-0.05, 0) is 66.8 Å². The van der Waals surface area contributed by atoms with Gasteiger partial charge in [0.25, 0.3) is 0 Å². The summed E-state index contributed by atoms with van der Waals surface area (Å²) < 4.78 is 39.4. The fourth-order valence-corrected chi connectivity index (χ4v) is 5.17. The van der Waals surface area contributed by atoms with Gasteiger partial charge >= 0.3 is 6.18 Å². The first kappa shape index (κ1) is 26.3. The molecule has 0 spiro atoms. The van der Waals surface area contributed by atoms with Gasteiger partial charge in [-0.3, -0.25) is 0 Å². The van der Waals surface area contributed by atoms with E-state index in [2.05, 4.69) is 70.5 Å². The van der Waals surface area contributed by atoms with E-state index < -0.39 is 17.3 Å². The van der Waals surface area contributed by atoms with Crippen molar-refractivity contribution in [3.63, 3.8) is 0 Å². The highest BCUT2D eigenvalue weighted by Gasteiger charge is 2.37. The number of hydrogen-bond acceptors (Lipinski definition) is 3. The molecule has 1 fully saturated rings. The van der Waals surface area contributed by atoms with Gasteiger partial charge in [0, 0.05) is 31.0 Å². The predicted octanol–water partition coefficient (Wildman–Crippen LogP) is 7.12. The largest absolute Gasteiger partial charge is 0.416 e. The molecule has 0 aliphatic carbocycles. The molecule has 3 aromatic carbocycles. The maximum Gasteiger partial charge on any atom is 0.416 e. The van der Waals surface area contributed by atoms with Crippen molar-refractivity contribution in [1.29, 1.82) is 0 Å². The summed E-state index contributed by atoms with van der Waals surface area (Å²) in [7, 11) is 0. The lowest BCUT2D eigenvalue weighted by molar-refractivity contribution is -0.137. The Hall–Kier alpha value is -2.80. The molecule has 2 heterocycles. The molecule has 0 amide bonds. The van der Waals surface area contributed by atoms with Crippen LogP contribution in [0.3, 0.4) is 0 Å². The molecule has 2 aliphatic heterocycles. The molecule has 0 bridgehead atoms. The number of likely N-dealkylation sites (tertiary alicyclic amines) is 1. The van der Waals surface area contributed by atoms with Gasteiger partial charge in [0.2, 0.25) is 0 Å². The summed E-state index contributed by atoms with van der Waals surface area (Å²) in [6.07, 6.45) is 1.69. The lowest BCUT2D eigenvalue weighted by atomic mass is 9.83. The minimum Gasteiger partial charge on any atom is -0.385 e. The summed E-state index contributed by atoms with van der Waals surface area (Å²) in [6, 6.07) is 21.9. The number of benzene rings is 3. The monoisotopic (exact) mass is 514 g/mol. The Morgan fingerprint density at radius 3 is 1.94 bits per heavy atom. The number of rotatable bonds is 5. The quantitative estimate of drug-likeness (QED) is 0.392. The topological polar surface area (TPSA) is 26.7 Å². The van der Waals surface area contributed by atoms with Gasteiger partial charge in [0.15, 0.2) is 0 Å². The van der Waals surface area contributed by atoms with E-state index in [4.69, 9.17) is 0 Å². The average Bonchev–Trinajstić information content (AvgIpc) is 3.02. The number of anilines is 2. The molecule has 190 valence electrons. The molecule has 2 aliphatic rings. The number of hydrogen-bond donors (Lipinski definition) is 1. The maximum atomic E-state index is 13.1. The van der Waals surface area contributed by atoms with Crippen LogP contribution < -0.4 is 4.90 Å². The fourth-order valence-electron chi connectivity index (χ4n) is 5.17. The first-order valence-electron chi connectivity index (χ1n) is 12.1. The Morgan fingerprint density at radius 2 is 1.36 bits per heavy atom. The third kappa shape index (κ3) is 5.46. The Morgan fingerprint density at radius 1 is 0.778 bits per heavy atom. The molecule has 36 heavy (non-hydrogen) atoms. The summed E-state index contributed by atoms with van der Waals surface area (Å²) in [5.41, 5.74) is 3.18. The van der Waals surface area contributed by atoms with Crippen molar-refractivity contribution in [2.45, 2.75) is 31.0 Å². The second-order valence-electron chi connectivity index (χ2n) is 9.41. The molecule has 0 unspecified atom stereocenters. The molecule has 7 heteroatoms.